The highest BCUT2D eigenvalue weighted by Crippen LogP contribution is 2.23. The van der Waals surface area contributed by atoms with Crippen LogP contribution in [-0.4, -0.2) is 32.6 Å². The van der Waals surface area contributed by atoms with Crippen LogP contribution in [0.5, 0.6) is 0 Å². The number of thiophene rings is 1. The Balaban J connectivity index is 1.71. The van der Waals surface area contributed by atoms with Crippen LogP contribution in [0.25, 0.3) is 5.69 Å². The fourth-order valence-corrected chi connectivity index (χ4v) is 3.60. The van der Waals surface area contributed by atoms with Gasteiger partial charge in [0.25, 0.3) is 5.91 Å². The number of benzene rings is 1. The molecule has 0 atom stereocenters. The first kappa shape index (κ1) is 14.9. The molecular formula is C15H13BrN4OS. The van der Waals surface area contributed by atoms with E-state index in [-0.39, 0.29) is 5.91 Å². The minimum atomic E-state index is -0.00494. The van der Waals surface area contributed by atoms with Crippen molar-refractivity contribution in [1.82, 2.24) is 19.7 Å². The standard InChI is InChI=1S/C15H13BrN4OS/c1-19(8-13-6-7-14(16)22-13)15(21)11-2-4-12(5-3-11)20-10-17-9-18-20/h2-7,9-10H,8H2,1H3. The van der Waals surface area contributed by atoms with Crippen molar-refractivity contribution in [1.29, 1.82) is 0 Å². The fourth-order valence-electron chi connectivity index (χ4n) is 2.06. The van der Waals surface area contributed by atoms with E-state index < -0.39 is 0 Å². The Hall–Kier alpha value is -1.99. The van der Waals surface area contributed by atoms with Crippen LogP contribution in [0.4, 0.5) is 0 Å². The minimum absolute atomic E-state index is 0.00494. The number of hydrogen-bond donors (Lipinski definition) is 0. The molecule has 0 bridgehead atoms. The fraction of sp³-hybridized carbons (Fsp3) is 0.133. The topological polar surface area (TPSA) is 51.0 Å². The molecule has 22 heavy (non-hydrogen) atoms. The molecule has 0 unspecified atom stereocenters. The third kappa shape index (κ3) is 3.26. The Bertz CT molecular complexity index is 767. The van der Waals surface area contributed by atoms with Gasteiger partial charge >= 0.3 is 0 Å². The molecule has 7 heteroatoms. The van der Waals surface area contributed by atoms with Crippen LogP contribution in [-0.2, 0) is 6.54 Å². The summed E-state index contributed by atoms with van der Waals surface area (Å²) < 4.78 is 2.72. The summed E-state index contributed by atoms with van der Waals surface area (Å²) in [5.74, 6) is -0.00494. The van der Waals surface area contributed by atoms with Gasteiger partial charge in [-0.25, -0.2) is 9.67 Å². The molecule has 112 valence electrons. The van der Waals surface area contributed by atoms with Gasteiger partial charge in [-0.3, -0.25) is 4.79 Å². The largest absolute Gasteiger partial charge is 0.337 e. The van der Waals surface area contributed by atoms with Crippen LogP contribution in [0.3, 0.4) is 0 Å². The molecule has 0 N–H and O–H groups in total. The van der Waals surface area contributed by atoms with Crippen molar-refractivity contribution >= 4 is 33.2 Å². The minimum Gasteiger partial charge on any atom is -0.337 e. The van der Waals surface area contributed by atoms with Crippen molar-refractivity contribution in [2.24, 2.45) is 0 Å². The summed E-state index contributed by atoms with van der Waals surface area (Å²) in [6, 6.07) is 11.3. The van der Waals surface area contributed by atoms with Crippen LogP contribution in [0.1, 0.15) is 15.2 Å². The lowest BCUT2D eigenvalue weighted by atomic mass is 10.2. The molecule has 0 saturated heterocycles. The smallest absolute Gasteiger partial charge is 0.253 e. The Morgan fingerprint density at radius 2 is 2.05 bits per heavy atom. The zero-order valence-corrected chi connectivity index (χ0v) is 14.2. The molecule has 0 fully saturated rings. The zero-order valence-electron chi connectivity index (χ0n) is 11.8. The average Bonchev–Trinajstić information content (AvgIpc) is 3.18. The van der Waals surface area contributed by atoms with Crippen molar-refractivity contribution in [2.75, 3.05) is 7.05 Å². The van der Waals surface area contributed by atoms with Crippen LogP contribution < -0.4 is 0 Å². The number of carbonyl (C=O) groups is 1. The first-order valence-corrected chi connectivity index (χ1v) is 8.19. The summed E-state index contributed by atoms with van der Waals surface area (Å²) in [6.07, 6.45) is 3.10. The molecule has 2 aromatic heterocycles. The third-order valence-corrected chi connectivity index (χ3v) is 4.77. The van der Waals surface area contributed by atoms with Crippen molar-refractivity contribution in [2.45, 2.75) is 6.54 Å². The van der Waals surface area contributed by atoms with Gasteiger partial charge in [-0.2, -0.15) is 5.10 Å². The lowest BCUT2D eigenvalue weighted by Gasteiger charge is -2.16. The Kier molecular flexibility index (Phi) is 4.35. The highest BCUT2D eigenvalue weighted by atomic mass is 79.9. The Labute approximate surface area is 140 Å². The summed E-state index contributed by atoms with van der Waals surface area (Å²) in [6.45, 7) is 0.597. The number of hydrogen-bond acceptors (Lipinski definition) is 4. The normalized spacial score (nSPS) is 10.6. The summed E-state index contributed by atoms with van der Waals surface area (Å²) in [7, 11) is 1.81. The lowest BCUT2D eigenvalue weighted by molar-refractivity contribution is 0.0786. The number of nitrogens with zero attached hydrogens (tertiary/aromatic N) is 4. The molecule has 1 amide bonds. The van der Waals surface area contributed by atoms with Gasteiger partial charge in [-0.1, -0.05) is 0 Å². The van der Waals surface area contributed by atoms with Gasteiger partial charge in [0.15, 0.2) is 0 Å². The second-order valence-electron chi connectivity index (χ2n) is 4.75. The monoisotopic (exact) mass is 376 g/mol. The highest BCUT2D eigenvalue weighted by molar-refractivity contribution is 9.11. The van der Waals surface area contributed by atoms with Gasteiger partial charge < -0.3 is 4.90 Å². The highest BCUT2D eigenvalue weighted by Gasteiger charge is 2.13. The van der Waals surface area contributed by atoms with E-state index in [9.17, 15) is 4.79 Å². The van der Waals surface area contributed by atoms with E-state index in [1.807, 2.05) is 24.3 Å². The number of amides is 1. The maximum absolute atomic E-state index is 12.4. The number of rotatable bonds is 4. The SMILES string of the molecule is CN(Cc1ccc(Br)s1)C(=O)c1ccc(-n2cncn2)cc1. The van der Waals surface area contributed by atoms with E-state index in [0.717, 1.165) is 14.4 Å². The van der Waals surface area contributed by atoms with Crippen molar-refractivity contribution in [3.63, 3.8) is 0 Å². The molecule has 3 rings (SSSR count). The zero-order chi connectivity index (χ0) is 15.5. The van der Waals surface area contributed by atoms with Crippen LogP contribution >= 0.6 is 27.3 Å². The number of carbonyl (C=O) groups excluding carboxylic acids is 1. The summed E-state index contributed by atoms with van der Waals surface area (Å²) >= 11 is 5.07. The molecule has 1 aromatic carbocycles. The molecule has 0 radical (unpaired) electrons. The first-order chi connectivity index (χ1) is 10.6. The van der Waals surface area contributed by atoms with Gasteiger partial charge in [0.2, 0.25) is 0 Å². The van der Waals surface area contributed by atoms with E-state index in [1.54, 1.807) is 46.4 Å². The lowest BCUT2D eigenvalue weighted by Crippen LogP contribution is -2.25. The summed E-state index contributed by atoms with van der Waals surface area (Å²) in [5, 5.41) is 4.06. The van der Waals surface area contributed by atoms with Gasteiger partial charge in [-0.05, 0) is 52.3 Å². The summed E-state index contributed by atoms with van der Waals surface area (Å²) in [4.78, 5) is 19.2. The molecule has 0 aliphatic rings. The first-order valence-electron chi connectivity index (χ1n) is 6.58. The van der Waals surface area contributed by atoms with Crippen molar-refractivity contribution < 1.29 is 4.79 Å². The molecular weight excluding hydrogens is 364 g/mol. The Morgan fingerprint density at radius 1 is 1.27 bits per heavy atom. The molecule has 0 aliphatic carbocycles. The molecule has 2 heterocycles. The number of halogens is 1. The van der Waals surface area contributed by atoms with Crippen molar-refractivity contribution in [3.05, 3.63) is 63.3 Å². The second-order valence-corrected chi connectivity index (χ2v) is 7.30. The van der Waals surface area contributed by atoms with Gasteiger partial charge in [0.1, 0.15) is 12.7 Å². The van der Waals surface area contributed by atoms with E-state index in [1.165, 1.54) is 6.33 Å². The summed E-state index contributed by atoms with van der Waals surface area (Å²) in [5.41, 5.74) is 1.53. The van der Waals surface area contributed by atoms with E-state index in [2.05, 4.69) is 26.0 Å². The third-order valence-electron chi connectivity index (χ3n) is 3.17. The van der Waals surface area contributed by atoms with Crippen LogP contribution in [0, 0.1) is 0 Å². The van der Waals surface area contributed by atoms with E-state index in [0.29, 0.717) is 12.1 Å². The van der Waals surface area contributed by atoms with E-state index >= 15 is 0 Å². The van der Waals surface area contributed by atoms with Crippen LogP contribution in [0.2, 0.25) is 0 Å². The molecule has 0 aliphatic heterocycles. The number of aromatic nitrogens is 3. The van der Waals surface area contributed by atoms with Gasteiger partial charge in [0.05, 0.1) is 16.0 Å². The predicted octanol–water partition coefficient (Wildman–Crippen LogP) is 3.36. The predicted molar refractivity (Wildman–Crippen MR) is 89.2 cm³/mol. The van der Waals surface area contributed by atoms with Crippen molar-refractivity contribution in [3.8, 4) is 5.69 Å². The Morgan fingerprint density at radius 3 is 2.64 bits per heavy atom. The maximum Gasteiger partial charge on any atom is 0.253 e. The van der Waals surface area contributed by atoms with Gasteiger partial charge in [-0.15, -0.1) is 11.3 Å². The average molecular weight is 377 g/mol. The molecule has 5 nitrogen and oxygen atoms in total. The molecule has 0 saturated carbocycles. The van der Waals surface area contributed by atoms with Gasteiger partial charge in [0, 0.05) is 17.5 Å². The molecule has 3 aromatic rings. The van der Waals surface area contributed by atoms with E-state index in [4.69, 9.17) is 0 Å². The van der Waals surface area contributed by atoms with Crippen LogP contribution in [0.15, 0.2) is 52.8 Å². The quantitative estimate of drug-likeness (QED) is 0.701. The maximum atomic E-state index is 12.4. The second kappa shape index (κ2) is 6.41. The molecule has 0 spiro atoms.